The van der Waals surface area contributed by atoms with Gasteiger partial charge in [0.15, 0.2) is 0 Å². The van der Waals surface area contributed by atoms with Crippen LogP contribution in [0, 0.1) is 5.82 Å². The number of rotatable bonds is 3. The first-order valence-electron chi connectivity index (χ1n) is 3.74. The van der Waals surface area contributed by atoms with Crippen molar-refractivity contribution in [2.45, 2.75) is 6.42 Å². The maximum absolute atomic E-state index is 12.4. The smallest absolute Gasteiger partial charge is 0.127 e. The van der Waals surface area contributed by atoms with Gasteiger partial charge in [-0.3, -0.25) is 0 Å². The zero-order valence-corrected chi connectivity index (χ0v) is 6.90. The monoisotopic (exact) mass is 180 g/mol. The molecule has 0 amide bonds. The molecular weight excluding hydrogens is 171 g/mol. The summed E-state index contributed by atoms with van der Waals surface area (Å²) in [6.45, 7) is 0. The molecule has 0 spiro atoms. The fourth-order valence-corrected chi connectivity index (χ4v) is 0.812. The van der Waals surface area contributed by atoms with Crippen LogP contribution in [0.5, 0.6) is 0 Å². The number of hydrogen-bond donors (Lipinski definition) is 1. The van der Waals surface area contributed by atoms with Crippen LogP contribution in [-0.2, 0) is 4.79 Å². The lowest BCUT2D eigenvalue weighted by Gasteiger charge is -1.95. The standard InChI is InChI=1S/C9H9FN2O/c10-7-1-3-8(4-2-7)12-9(11)5-6-13/h1-4,6H,5H2,(H2,11,12). The molecule has 1 rings (SSSR count). The number of carbonyl (C=O) groups excluding carboxylic acids is 1. The molecule has 0 saturated carbocycles. The summed E-state index contributed by atoms with van der Waals surface area (Å²) in [6, 6.07) is 5.56. The van der Waals surface area contributed by atoms with E-state index in [0.717, 1.165) is 0 Å². The average molecular weight is 180 g/mol. The Hall–Kier alpha value is -1.71. The highest BCUT2D eigenvalue weighted by atomic mass is 19.1. The maximum atomic E-state index is 12.4. The Morgan fingerprint density at radius 3 is 2.62 bits per heavy atom. The van der Waals surface area contributed by atoms with Crippen molar-refractivity contribution in [2.75, 3.05) is 0 Å². The van der Waals surface area contributed by atoms with Crippen molar-refractivity contribution in [1.29, 1.82) is 0 Å². The van der Waals surface area contributed by atoms with Gasteiger partial charge in [0, 0.05) is 0 Å². The van der Waals surface area contributed by atoms with Crippen LogP contribution in [0.3, 0.4) is 0 Å². The third kappa shape index (κ3) is 3.02. The predicted octanol–water partition coefficient (Wildman–Crippen LogP) is 1.40. The first-order valence-corrected chi connectivity index (χ1v) is 3.74. The summed E-state index contributed by atoms with van der Waals surface area (Å²) < 4.78 is 12.4. The van der Waals surface area contributed by atoms with E-state index in [-0.39, 0.29) is 18.1 Å². The van der Waals surface area contributed by atoms with E-state index in [2.05, 4.69) is 4.99 Å². The number of nitrogens with two attached hydrogens (primary N) is 1. The van der Waals surface area contributed by atoms with E-state index in [1.165, 1.54) is 24.3 Å². The Bertz CT molecular complexity index is 319. The topological polar surface area (TPSA) is 55.5 Å². The predicted molar refractivity (Wildman–Crippen MR) is 48.4 cm³/mol. The number of carbonyl (C=O) groups is 1. The molecule has 1 aromatic carbocycles. The minimum Gasteiger partial charge on any atom is -0.387 e. The van der Waals surface area contributed by atoms with Gasteiger partial charge in [0.05, 0.1) is 12.1 Å². The molecule has 0 aromatic heterocycles. The minimum absolute atomic E-state index is 0.0946. The number of halogens is 1. The minimum atomic E-state index is -0.326. The van der Waals surface area contributed by atoms with Crippen molar-refractivity contribution in [2.24, 2.45) is 10.7 Å². The van der Waals surface area contributed by atoms with Gasteiger partial charge < -0.3 is 10.5 Å². The van der Waals surface area contributed by atoms with Crippen molar-refractivity contribution in [3.63, 3.8) is 0 Å². The summed E-state index contributed by atoms with van der Waals surface area (Å²) in [6.07, 6.45) is 0.764. The van der Waals surface area contributed by atoms with E-state index in [9.17, 15) is 9.18 Å². The SMILES string of the molecule is NC(CC=O)=Nc1ccc(F)cc1. The van der Waals surface area contributed by atoms with Gasteiger partial charge in [-0.25, -0.2) is 9.38 Å². The van der Waals surface area contributed by atoms with Crippen molar-refractivity contribution >= 4 is 17.8 Å². The molecule has 4 heteroatoms. The molecule has 3 nitrogen and oxygen atoms in total. The van der Waals surface area contributed by atoms with E-state index in [1.807, 2.05) is 0 Å². The molecule has 0 aliphatic rings. The molecular formula is C9H9FN2O. The number of nitrogens with zero attached hydrogens (tertiary/aromatic N) is 1. The van der Waals surface area contributed by atoms with Gasteiger partial charge >= 0.3 is 0 Å². The molecule has 0 saturated heterocycles. The van der Waals surface area contributed by atoms with E-state index >= 15 is 0 Å². The lowest BCUT2D eigenvalue weighted by molar-refractivity contribution is -0.106. The van der Waals surface area contributed by atoms with Crippen LogP contribution in [0.2, 0.25) is 0 Å². The molecule has 2 N–H and O–H groups in total. The Balaban J connectivity index is 2.78. The van der Waals surface area contributed by atoms with Crippen LogP contribution in [0.25, 0.3) is 0 Å². The molecule has 0 radical (unpaired) electrons. The second-order valence-corrected chi connectivity index (χ2v) is 2.45. The van der Waals surface area contributed by atoms with Crippen LogP contribution < -0.4 is 5.73 Å². The normalized spacial score (nSPS) is 11.3. The third-order valence-corrected chi connectivity index (χ3v) is 1.39. The number of hydrogen-bond acceptors (Lipinski definition) is 2. The van der Waals surface area contributed by atoms with Crippen LogP contribution in [0.4, 0.5) is 10.1 Å². The molecule has 1 aromatic rings. The average Bonchev–Trinajstić information content (AvgIpc) is 2.09. The summed E-state index contributed by atoms with van der Waals surface area (Å²) in [4.78, 5) is 13.9. The van der Waals surface area contributed by atoms with Gasteiger partial charge in [0.2, 0.25) is 0 Å². The molecule has 68 valence electrons. The highest BCUT2D eigenvalue weighted by molar-refractivity contribution is 5.92. The molecule has 0 bridgehead atoms. The first-order chi connectivity index (χ1) is 6.22. The van der Waals surface area contributed by atoms with Gasteiger partial charge in [0.1, 0.15) is 17.9 Å². The molecule has 0 aliphatic carbocycles. The number of benzene rings is 1. The Kier molecular flexibility index (Phi) is 3.14. The summed E-state index contributed by atoms with van der Waals surface area (Å²) in [7, 11) is 0. The first kappa shape index (κ1) is 9.38. The number of aliphatic imine (C=N–C) groups is 1. The molecule has 0 unspecified atom stereocenters. The summed E-state index contributed by atoms with van der Waals surface area (Å²) in [5.41, 5.74) is 5.92. The third-order valence-electron chi connectivity index (χ3n) is 1.39. The van der Waals surface area contributed by atoms with E-state index in [4.69, 9.17) is 5.73 Å². The quantitative estimate of drug-likeness (QED) is 0.434. The van der Waals surface area contributed by atoms with Crippen LogP contribution >= 0.6 is 0 Å². The fraction of sp³-hybridized carbons (Fsp3) is 0.111. The maximum Gasteiger partial charge on any atom is 0.127 e. The zero-order valence-electron chi connectivity index (χ0n) is 6.90. The largest absolute Gasteiger partial charge is 0.387 e. The molecule has 0 aliphatic heterocycles. The second-order valence-electron chi connectivity index (χ2n) is 2.45. The van der Waals surface area contributed by atoms with Crippen molar-refractivity contribution < 1.29 is 9.18 Å². The Morgan fingerprint density at radius 1 is 1.46 bits per heavy atom. The summed E-state index contributed by atoms with van der Waals surface area (Å²) >= 11 is 0. The highest BCUT2D eigenvalue weighted by Gasteiger charge is 1.93. The van der Waals surface area contributed by atoms with Gasteiger partial charge in [-0.15, -0.1) is 0 Å². The summed E-state index contributed by atoms with van der Waals surface area (Å²) in [5.74, 6) is -0.102. The van der Waals surface area contributed by atoms with Crippen LogP contribution in [0.1, 0.15) is 6.42 Å². The van der Waals surface area contributed by atoms with Gasteiger partial charge in [-0.1, -0.05) is 0 Å². The van der Waals surface area contributed by atoms with Crippen LogP contribution in [0.15, 0.2) is 29.3 Å². The number of amidine groups is 1. The second kappa shape index (κ2) is 4.35. The molecule has 0 heterocycles. The number of aldehydes is 1. The Labute approximate surface area is 75.1 Å². The van der Waals surface area contributed by atoms with Crippen molar-refractivity contribution in [1.82, 2.24) is 0 Å². The van der Waals surface area contributed by atoms with Gasteiger partial charge in [0.25, 0.3) is 0 Å². The zero-order chi connectivity index (χ0) is 9.68. The van der Waals surface area contributed by atoms with Gasteiger partial charge in [-0.2, -0.15) is 0 Å². The van der Waals surface area contributed by atoms with E-state index < -0.39 is 0 Å². The molecule has 13 heavy (non-hydrogen) atoms. The lowest BCUT2D eigenvalue weighted by atomic mass is 10.3. The van der Waals surface area contributed by atoms with E-state index in [1.54, 1.807) is 0 Å². The van der Waals surface area contributed by atoms with Crippen molar-refractivity contribution in [3.05, 3.63) is 30.1 Å². The fourth-order valence-electron chi connectivity index (χ4n) is 0.812. The molecule has 0 atom stereocenters. The van der Waals surface area contributed by atoms with Gasteiger partial charge in [-0.05, 0) is 24.3 Å². The Morgan fingerprint density at radius 2 is 2.08 bits per heavy atom. The molecule has 0 fully saturated rings. The summed E-state index contributed by atoms with van der Waals surface area (Å²) in [5, 5.41) is 0. The van der Waals surface area contributed by atoms with E-state index in [0.29, 0.717) is 12.0 Å². The lowest BCUT2D eigenvalue weighted by Crippen LogP contribution is -2.10. The highest BCUT2D eigenvalue weighted by Crippen LogP contribution is 2.11. The van der Waals surface area contributed by atoms with Crippen LogP contribution in [-0.4, -0.2) is 12.1 Å². The van der Waals surface area contributed by atoms with Crippen molar-refractivity contribution in [3.8, 4) is 0 Å².